The number of nitrogen functional groups attached to an aromatic ring is 1. The third-order valence-electron chi connectivity index (χ3n) is 1.67. The van der Waals surface area contributed by atoms with Crippen LogP contribution in [0.3, 0.4) is 0 Å². The quantitative estimate of drug-likeness (QED) is 0.759. The van der Waals surface area contributed by atoms with Gasteiger partial charge in [0.25, 0.3) is 0 Å². The summed E-state index contributed by atoms with van der Waals surface area (Å²) in [5, 5.41) is 4.47. The highest BCUT2D eigenvalue weighted by molar-refractivity contribution is 6.30. The molecule has 0 spiro atoms. The van der Waals surface area contributed by atoms with Crippen molar-refractivity contribution >= 4 is 17.5 Å². The molecule has 2 N–H and O–H groups in total. The van der Waals surface area contributed by atoms with Crippen molar-refractivity contribution in [2.75, 3.05) is 5.73 Å². The predicted molar refractivity (Wildman–Crippen MR) is 51.4 cm³/mol. The molecule has 0 amide bonds. The van der Waals surface area contributed by atoms with Crippen LogP contribution in [0.2, 0.25) is 5.02 Å². The summed E-state index contributed by atoms with van der Waals surface area (Å²) < 4.78 is 4.74. The number of halogens is 1. The first-order valence-electron chi connectivity index (χ1n) is 3.74. The summed E-state index contributed by atoms with van der Waals surface area (Å²) in [6.07, 6.45) is 0. The largest absolute Gasteiger partial charge is 0.368 e. The zero-order valence-corrected chi connectivity index (χ0v) is 7.45. The van der Waals surface area contributed by atoms with Crippen molar-refractivity contribution in [3.63, 3.8) is 0 Å². The molecule has 0 radical (unpaired) electrons. The van der Waals surface area contributed by atoms with Crippen LogP contribution in [-0.4, -0.2) is 5.16 Å². The Morgan fingerprint density at radius 3 is 2.46 bits per heavy atom. The second-order valence-electron chi connectivity index (χ2n) is 2.62. The lowest BCUT2D eigenvalue weighted by molar-refractivity contribution is 0.439. The first kappa shape index (κ1) is 8.13. The molecule has 0 bridgehead atoms. The van der Waals surface area contributed by atoms with E-state index in [1.807, 2.05) is 12.1 Å². The van der Waals surface area contributed by atoms with E-state index in [1.165, 1.54) is 0 Å². The molecule has 0 saturated carbocycles. The van der Waals surface area contributed by atoms with Gasteiger partial charge in [0.05, 0.1) is 0 Å². The third-order valence-corrected chi connectivity index (χ3v) is 1.92. The van der Waals surface area contributed by atoms with Crippen LogP contribution < -0.4 is 5.73 Å². The molecule has 3 nitrogen and oxygen atoms in total. The van der Waals surface area contributed by atoms with Gasteiger partial charge in [-0.3, -0.25) is 0 Å². The Bertz CT molecular complexity index is 408. The van der Waals surface area contributed by atoms with Crippen molar-refractivity contribution in [3.05, 3.63) is 35.4 Å². The number of hydrogen-bond acceptors (Lipinski definition) is 3. The monoisotopic (exact) mass is 194 g/mol. The van der Waals surface area contributed by atoms with E-state index in [9.17, 15) is 0 Å². The number of benzene rings is 1. The molecule has 0 fully saturated rings. The smallest absolute Gasteiger partial charge is 0.222 e. The maximum atomic E-state index is 5.74. The van der Waals surface area contributed by atoms with Crippen molar-refractivity contribution in [1.82, 2.24) is 5.16 Å². The van der Waals surface area contributed by atoms with Crippen LogP contribution >= 0.6 is 11.6 Å². The lowest BCUT2D eigenvalue weighted by atomic mass is 10.1. The molecule has 66 valence electrons. The van der Waals surface area contributed by atoms with Gasteiger partial charge in [-0.05, 0) is 12.1 Å². The van der Waals surface area contributed by atoms with E-state index in [2.05, 4.69) is 5.16 Å². The SMILES string of the molecule is Nc1cc(-c2ccc(Cl)cc2)no1. The summed E-state index contributed by atoms with van der Waals surface area (Å²) in [7, 11) is 0. The Balaban J connectivity index is 2.41. The zero-order valence-electron chi connectivity index (χ0n) is 6.70. The molecule has 2 rings (SSSR count). The standard InChI is InChI=1S/C9H7ClN2O/c10-7-3-1-6(2-4-7)8-5-9(11)13-12-8/h1-5H,11H2. The third kappa shape index (κ3) is 1.65. The molecule has 13 heavy (non-hydrogen) atoms. The Kier molecular flexibility index (Phi) is 1.94. The number of nitrogens with zero attached hydrogens (tertiary/aromatic N) is 1. The first-order chi connectivity index (χ1) is 6.25. The molecule has 1 aromatic carbocycles. The van der Waals surface area contributed by atoms with Crippen LogP contribution in [-0.2, 0) is 0 Å². The topological polar surface area (TPSA) is 52.0 Å². The highest BCUT2D eigenvalue weighted by Gasteiger charge is 2.02. The number of nitrogens with two attached hydrogens (primary N) is 1. The summed E-state index contributed by atoms with van der Waals surface area (Å²) >= 11 is 5.74. The fourth-order valence-electron chi connectivity index (χ4n) is 1.05. The number of hydrogen-bond donors (Lipinski definition) is 1. The van der Waals surface area contributed by atoms with Gasteiger partial charge < -0.3 is 10.3 Å². The second-order valence-corrected chi connectivity index (χ2v) is 3.06. The van der Waals surface area contributed by atoms with Gasteiger partial charge in [-0.25, -0.2) is 0 Å². The van der Waals surface area contributed by atoms with Crippen molar-refractivity contribution in [2.24, 2.45) is 0 Å². The van der Waals surface area contributed by atoms with E-state index in [-0.39, 0.29) is 0 Å². The molecule has 0 aliphatic heterocycles. The fraction of sp³-hybridized carbons (Fsp3) is 0. The minimum Gasteiger partial charge on any atom is -0.368 e. The van der Waals surface area contributed by atoms with Crippen LogP contribution in [0.1, 0.15) is 0 Å². The van der Waals surface area contributed by atoms with Gasteiger partial charge in [0.15, 0.2) is 0 Å². The van der Waals surface area contributed by atoms with E-state index >= 15 is 0 Å². The number of anilines is 1. The maximum Gasteiger partial charge on any atom is 0.222 e. The number of aromatic nitrogens is 1. The molecular formula is C9H7ClN2O. The van der Waals surface area contributed by atoms with Crippen molar-refractivity contribution < 1.29 is 4.52 Å². The summed E-state index contributed by atoms with van der Waals surface area (Å²) in [5.41, 5.74) is 7.04. The van der Waals surface area contributed by atoms with Crippen LogP contribution in [0.4, 0.5) is 5.88 Å². The predicted octanol–water partition coefficient (Wildman–Crippen LogP) is 2.58. The van der Waals surface area contributed by atoms with Crippen LogP contribution in [0.5, 0.6) is 0 Å². The normalized spacial score (nSPS) is 10.2. The van der Waals surface area contributed by atoms with Gasteiger partial charge in [-0.1, -0.05) is 28.9 Å². The highest BCUT2D eigenvalue weighted by atomic mass is 35.5. The molecule has 1 aromatic heterocycles. The summed E-state index contributed by atoms with van der Waals surface area (Å²) in [4.78, 5) is 0. The van der Waals surface area contributed by atoms with Crippen molar-refractivity contribution in [3.8, 4) is 11.3 Å². The van der Waals surface area contributed by atoms with Crippen LogP contribution in [0.15, 0.2) is 34.9 Å². The minimum absolute atomic E-state index is 0.310. The average molecular weight is 195 g/mol. The minimum atomic E-state index is 0.310. The summed E-state index contributed by atoms with van der Waals surface area (Å²) in [5.74, 6) is 0.310. The Hall–Kier alpha value is -1.48. The second kappa shape index (κ2) is 3.11. The molecular weight excluding hydrogens is 188 g/mol. The van der Waals surface area contributed by atoms with Gasteiger partial charge in [0, 0.05) is 16.7 Å². The van der Waals surface area contributed by atoms with E-state index in [4.69, 9.17) is 21.9 Å². The Labute approximate surface area is 80.1 Å². The zero-order chi connectivity index (χ0) is 9.26. The van der Waals surface area contributed by atoms with Gasteiger partial charge in [0.1, 0.15) is 5.69 Å². The molecule has 1 heterocycles. The van der Waals surface area contributed by atoms with Crippen molar-refractivity contribution in [1.29, 1.82) is 0 Å². The van der Waals surface area contributed by atoms with Gasteiger partial charge >= 0.3 is 0 Å². The lowest BCUT2D eigenvalue weighted by Gasteiger charge is -1.93. The molecule has 0 aliphatic rings. The Morgan fingerprint density at radius 1 is 1.23 bits per heavy atom. The molecule has 2 aromatic rings. The summed E-state index contributed by atoms with van der Waals surface area (Å²) in [6, 6.07) is 8.98. The first-order valence-corrected chi connectivity index (χ1v) is 4.11. The van der Waals surface area contributed by atoms with E-state index < -0.39 is 0 Å². The van der Waals surface area contributed by atoms with E-state index in [1.54, 1.807) is 18.2 Å². The lowest BCUT2D eigenvalue weighted by Crippen LogP contribution is -1.77. The molecule has 0 unspecified atom stereocenters. The van der Waals surface area contributed by atoms with Gasteiger partial charge in [0.2, 0.25) is 5.88 Å². The molecule has 0 aliphatic carbocycles. The van der Waals surface area contributed by atoms with Crippen LogP contribution in [0, 0.1) is 0 Å². The van der Waals surface area contributed by atoms with E-state index in [0.717, 1.165) is 5.56 Å². The van der Waals surface area contributed by atoms with Crippen LogP contribution in [0.25, 0.3) is 11.3 Å². The highest BCUT2D eigenvalue weighted by Crippen LogP contribution is 2.21. The average Bonchev–Trinajstić information content (AvgIpc) is 2.53. The number of rotatable bonds is 1. The fourth-order valence-corrected chi connectivity index (χ4v) is 1.17. The van der Waals surface area contributed by atoms with E-state index in [0.29, 0.717) is 16.6 Å². The van der Waals surface area contributed by atoms with Gasteiger partial charge in [-0.2, -0.15) is 0 Å². The maximum absolute atomic E-state index is 5.74. The molecule has 4 heteroatoms. The summed E-state index contributed by atoms with van der Waals surface area (Å²) in [6.45, 7) is 0. The molecule has 0 saturated heterocycles. The Morgan fingerprint density at radius 2 is 1.92 bits per heavy atom. The van der Waals surface area contributed by atoms with Crippen molar-refractivity contribution in [2.45, 2.75) is 0 Å². The van der Waals surface area contributed by atoms with Gasteiger partial charge in [-0.15, -0.1) is 0 Å². The molecule has 0 atom stereocenters.